The molecule has 0 aliphatic carbocycles. The summed E-state index contributed by atoms with van der Waals surface area (Å²) >= 11 is 1.25. The Balaban J connectivity index is 2.59. The first-order valence-corrected chi connectivity index (χ1v) is 5.19. The van der Waals surface area contributed by atoms with E-state index in [4.69, 9.17) is 5.11 Å². The highest BCUT2D eigenvalue weighted by Crippen LogP contribution is 2.29. The summed E-state index contributed by atoms with van der Waals surface area (Å²) in [5, 5.41) is 12.0. The van der Waals surface area contributed by atoms with E-state index >= 15 is 0 Å². The Labute approximate surface area is 89.6 Å². The first-order valence-electron chi connectivity index (χ1n) is 4.24. The van der Waals surface area contributed by atoms with Gasteiger partial charge in [0.05, 0.1) is 5.56 Å². The SMILES string of the molecule is O=C(O)c1cscc1-c1ccccc1F. The highest BCUT2D eigenvalue weighted by molar-refractivity contribution is 7.08. The zero-order valence-electron chi connectivity index (χ0n) is 7.61. The number of aromatic carboxylic acids is 1. The van der Waals surface area contributed by atoms with E-state index in [1.54, 1.807) is 23.6 Å². The molecule has 1 aromatic carbocycles. The van der Waals surface area contributed by atoms with Crippen LogP contribution < -0.4 is 0 Å². The molecule has 2 rings (SSSR count). The van der Waals surface area contributed by atoms with Crippen molar-refractivity contribution in [3.63, 3.8) is 0 Å². The molecule has 2 aromatic rings. The van der Waals surface area contributed by atoms with Crippen LogP contribution in [-0.2, 0) is 0 Å². The van der Waals surface area contributed by atoms with Gasteiger partial charge in [-0.15, -0.1) is 0 Å². The maximum Gasteiger partial charge on any atom is 0.337 e. The molecule has 0 aliphatic heterocycles. The number of hydrogen-bond acceptors (Lipinski definition) is 2. The summed E-state index contributed by atoms with van der Waals surface area (Å²) in [6.45, 7) is 0. The lowest BCUT2D eigenvalue weighted by molar-refractivity contribution is 0.0698. The fourth-order valence-electron chi connectivity index (χ4n) is 1.35. The Morgan fingerprint density at radius 2 is 1.93 bits per heavy atom. The number of carbonyl (C=O) groups is 1. The molecule has 0 unspecified atom stereocenters. The molecule has 76 valence electrons. The van der Waals surface area contributed by atoms with E-state index in [-0.39, 0.29) is 5.56 Å². The Kier molecular flexibility index (Phi) is 2.51. The van der Waals surface area contributed by atoms with Crippen LogP contribution in [0.15, 0.2) is 35.0 Å². The lowest BCUT2D eigenvalue weighted by Gasteiger charge is -2.01. The standard InChI is InChI=1S/C11H7FO2S/c12-10-4-2-1-3-7(10)8-5-15-6-9(8)11(13)14/h1-6H,(H,13,14). The van der Waals surface area contributed by atoms with Gasteiger partial charge in [-0.1, -0.05) is 18.2 Å². The van der Waals surface area contributed by atoms with E-state index in [2.05, 4.69) is 0 Å². The molecule has 0 bridgehead atoms. The maximum absolute atomic E-state index is 13.4. The third-order valence-electron chi connectivity index (χ3n) is 2.06. The van der Waals surface area contributed by atoms with Crippen LogP contribution in [0.25, 0.3) is 11.1 Å². The Hall–Kier alpha value is -1.68. The van der Waals surface area contributed by atoms with Gasteiger partial charge >= 0.3 is 5.97 Å². The second-order valence-corrected chi connectivity index (χ2v) is 3.73. The molecule has 0 saturated heterocycles. The van der Waals surface area contributed by atoms with Crippen LogP contribution in [-0.4, -0.2) is 11.1 Å². The van der Waals surface area contributed by atoms with Crippen molar-refractivity contribution >= 4 is 17.3 Å². The largest absolute Gasteiger partial charge is 0.478 e. The van der Waals surface area contributed by atoms with Crippen LogP contribution in [0.3, 0.4) is 0 Å². The van der Waals surface area contributed by atoms with Gasteiger partial charge in [0.15, 0.2) is 0 Å². The van der Waals surface area contributed by atoms with Gasteiger partial charge in [-0.05, 0) is 11.4 Å². The third-order valence-corrected chi connectivity index (χ3v) is 2.80. The van der Waals surface area contributed by atoms with Crippen LogP contribution >= 0.6 is 11.3 Å². The summed E-state index contributed by atoms with van der Waals surface area (Å²) in [6.07, 6.45) is 0. The predicted molar refractivity (Wildman–Crippen MR) is 56.7 cm³/mol. The summed E-state index contributed by atoms with van der Waals surface area (Å²) in [4.78, 5) is 10.9. The summed E-state index contributed by atoms with van der Waals surface area (Å²) in [5.74, 6) is -1.44. The van der Waals surface area contributed by atoms with Gasteiger partial charge in [-0.2, -0.15) is 11.3 Å². The number of carboxylic acid groups (broad SMARTS) is 1. The predicted octanol–water partition coefficient (Wildman–Crippen LogP) is 3.25. The van der Waals surface area contributed by atoms with Gasteiger partial charge in [0.25, 0.3) is 0 Å². The number of carboxylic acids is 1. The van der Waals surface area contributed by atoms with Gasteiger partial charge in [-0.25, -0.2) is 9.18 Å². The molecule has 1 N–H and O–H groups in total. The van der Waals surface area contributed by atoms with Crippen molar-refractivity contribution in [1.29, 1.82) is 0 Å². The fraction of sp³-hybridized carbons (Fsp3) is 0. The maximum atomic E-state index is 13.4. The second kappa shape index (κ2) is 3.82. The zero-order valence-corrected chi connectivity index (χ0v) is 8.42. The van der Waals surface area contributed by atoms with Crippen molar-refractivity contribution in [2.45, 2.75) is 0 Å². The summed E-state index contributed by atoms with van der Waals surface area (Å²) < 4.78 is 13.4. The molecule has 1 heterocycles. The average molecular weight is 222 g/mol. The Bertz CT molecular complexity index is 505. The van der Waals surface area contributed by atoms with Crippen molar-refractivity contribution in [2.75, 3.05) is 0 Å². The number of thiophene rings is 1. The molecular formula is C11H7FO2S. The summed E-state index contributed by atoms with van der Waals surface area (Å²) in [5.41, 5.74) is 0.909. The van der Waals surface area contributed by atoms with E-state index in [1.165, 1.54) is 22.8 Å². The van der Waals surface area contributed by atoms with Crippen molar-refractivity contribution in [2.24, 2.45) is 0 Å². The molecule has 0 atom stereocenters. The highest BCUT2D eigenvalue weighted by Gasteiger charge is 2.14. The molecule has 15 heavy (non-hydrogen) atoms. The molecule has 0 saturated carbocycles. The van der Waals surface area contributed by atoms with E-state index in [9.17, 15) is 9.18 Å². The summed E-state index contributed by atoms with van der Waals surface area (Å²) in [6, 6.07) is 6.15. The fourth-order valence-corrected chi connectivity index (χ4v) is 2.17. The lowest BCUT2D eigenvalue weighted by atomic mass is 10.0. The van der Waals surface area contributed by atoms with Crippen LogP contribution in [0.1, 0.15) is 10.4 Å². The van der Waals surface area contributed by atoms with Crippen LogP contribution in [0, 0.1) is 5.82 Å². The van der Waals surface area contributed by atoms with Gasteiger partial charge in [0.1, 0.15) is 5.82 Å². The third kappa shape index (κ3) is 1.76. The number of halogens is 1. The highest BCUT2D eigenvalue weighted by atomic mass is 32.1. The monoisotopic (exact) mass is 222 g/mol. The first-order chi connectivity index (χ1) is 7.20. The quantitative estimate of drug-likeness (QED) is 0.846. The van der Waals surface area contributed by atoms with E-state index in [1.807, 2.05) is 0 Å². The molecule has 0 amide bonds. The zero-order chi connectivity index (χ0) is 10.8. The molecule has 0 aliphatic rings. The minimum absolute atomic E-state index is 0.144. The smallest absolute Gasteiger partial charge is 0.337 e. The Morgan fingerprint density at radius 1 is 1.20 bits per heavy atom. The molecule has 2 nitrogen and oxygen atoms in total. The Morgan fingerprint density at radius 3 is 2.60 bits per heavy atom. The number of hydrogen-bond donors (Lipinski definition) is 1. The average Bonchev–Trinajstić information content (AvgIpc) is 2.67. The van der Waals surface area contributed by atoms with E-state index in [0.29, 0.717) is 11.1 Å². The number of rotatable bonds is 2. The topological polar surface area (TPSA) is 37.3 Å². The lowest BCUT2D eigenvalue weighted by Crippen LogP contribution is -1.96. The molecule has 0 fully saturated rings. The van der Waals surface area contributed by atoms with Crippen molar-refractivity contribution < 1.29 is 14.3 Å². The van der Waals surface area contributed by atoms with Crippen molar-refractivity contribution in [1.82, 2.24) is 0 Å². The second-order valence-electron chi connectivity index (χ2n) is 2.98. The molecule has 4 heteroatoms. The minimum Gasteiger partial charge on any atom is -0.478 e. The molecular weight excluding hydrogens is 215 g/mol. The molecule has 1 aromatic heterocycles. The molecule has 0 spiro atoms. The summed E-state index contributed by atoms with van der Waals surface area (Å²) in [7, 11) is 0. The van der Waals surface area contributed by atoms with Gasteiger partial charge < -0.3 is 5.11 Å². The number of benzene rings is 1. The minimum atomic E-state index is -1.03. The van der Waals surface area contributed by atoms with Crippen LogP contribution in [0.4, 0.5) is 4.39 Å². The first kappa shape index (κ1) is 9.86. The van der Waals surface area contributed by atoms with Crippen LogP contribution in [0.2, 0.25) is 0 Å². The van der Waals surface area contributed by atoms with E-state index < -0.39 is 11.8 Å². The van der Waals surface area contributed by atoms with Crippen molar-refractivity contribution in [3.8, 4) is 11.1 Å². The van der Waals surface area contributed by atoms with Gasteiger partial charge in [-0.3, -0.25) is 0 Å². The van der Waals surface area contributed by atoms with E-state index in [0.717, 1.165) is 0 Å². The molecule has 0 radical (unpaired) electrons. The van der Waals surface area contributed by atoms with Gasteiger partial charge in [0.2, 0.25) is 0 Å². The van der Waals surface area contributed by atoms with Crippen LogP contribution in [0.5, 0.6) is 0 Å². The van der Waals surface area contributed by atoms with Gasteiger partial charge in [0, 0.05) is 16.5 Å². The van der Waals surface area contributed by atoms with Crippen molar-refractivity contribution in [3.05, 3.63) is 46.4 Å². The normalized spacial score (nSPS) is 10.2.